The predicted molar refractivity (Wildman–Crippen MR) is 70.2 cm³/mol. The largest absolute Gasteiger partial charge is 0.338 e. The molecule has 1 saturated heterocycles. The maximum absolute atomic E-state index is 11.8. The highest BCUT2D eigenvalue weighted by molar-refractivity contribution is 6.36. The topological polar surface area (TPSA) is 20.3 Å². The summed E-state index contributed by atoms with van der Waals surface area (Å²) in [5, 5.41) is 1.21. The van der Waals surface area contributed by atoms with Gasteiger partial charge in [0.2, 0.25) is 5.91 Å². The fourth-order valence-electron chi connectivity index (χ4n) is 1.99. The molecule has 1 aliphatic heterocycles. The molecule has 0 aromatic heterocycles. The monoisotopic (exact) mass is 269 g/mol. The lowest BCUT2D eigenvalue weighted by atomic mass is 10.1. The van der Waals surface area contributed by atoms with E-state index >= 15 is 0 Å². The first-order valence-electron chi connectivity index (χ1n) is 5.45. The number of nitrogens with zero attached hydrogens (tertiary/aromatic N) is 1. The van der Waals surface area contributed by atoms with Crippen molar-refractivity contribution in [2.45, 2.75) is 13.0 Å². The number of carbonyl (C=O) groups is 1. The van der Waals surface area contributed by atoms with Crippen LogP contribution in [0.25, 0.3) is 0 Å². The molecule has 4 heteroatoms. The lowest BCUT2D eigenvalue weighted by Crippen LogP contribution is -2.24. The zero-order chi connectivity index (χ0) is 12.4. The first-order chi connectivity index (χ1) is 8.11. The van der Waals surface area contributed by atoms with E-state index < -0.39 is 0 Å². The normalized spacial score (nSPS) is 19.8. The van der Waals surface area contributed by atoms with Crippen LogP contribution in [0.5, 0.6) is 0 Å². The molecule has 0 bridgehead atoms. The van der Waals surface area contributed by atoms with Crippen LogP contribution in [0, 0.1) is 5.92 Å². The van der Waals surface area contributed by atoms with Gasteiger partial charge < -0.3 is 4.90 Å². The lowest BCUT2D eigenvalue weighted by Gasteiger charge is -2.17. The Hall–Kier alpha value is -0.990. The van der Waals surface area contributed by atoms with E-state index in [0.29, 0.717) is 29.6 Å². The minimum absolute atomic E-state index is 0.130. The Morgan fingerprint density at radius 2 is 2.06 bits per heavy atom. The molecule has 1 amide bonds. The molecule has 1 heterocycles. The van der Waals surface area contributed by atoms with E-state index in [1.54, 1.807) is 23.1 Å². The Bertz CT molecular complexity index is 438. The third-order valence-electron chi connectivity index (χ3n) is 2.99. The van der Waals surface area contributed by atoms with Gasteiger partial charge >= 0.3 is 0 Å². The maximum Gasteiger partial charge on any atom is 0.223 e. The van der Waals surface area contributed by atoms with Crippen LogP contribution >= 0.6 is 23.2 Å². The molecule has 1 aromatic rings. The molecule has 0 saturated carbocycles. The zero-order valence-electron chi connectivity index (χ0n) is 9.33. The molecule has 1 atom stereocenters. The molecular formula is C13H13Cl2NO. The molecule has 0 aliphatic carbocycles. The summed E-state index contributed by atoms with van der Waals surface area (Å²) in [6.45, 7) is 4.89. The van der Waals surface area contributed by atoms with Crippen LogP contribution in [-0.2, 0) is 11.3 Å². The second-order valence-corrected chi connectivity index (χ2v) is 4.99. The molecule has 1 aliphatic rings. The van der Waals surface area contributed by atoms with Gasteiger partial charge in [0.15, 0.2) is 0 Å². The number of amides is 1. The Morgan fingerprint density at radius 3 is 2.59 bits per heavy atom. The zero-order valence-corrected chi connectivity index (χ0v) is 10.8. The van der Waals surface area contributed by atoms with Gasteiger partial charge in [-0.15, -0.1) is 6.58 Å². The Kier molecular flexibility index (Phi) is 3.75. The smallest absolute Gasteiger partial charge is 0.223 e. The van der Waals surface area contributed by atoms with Crippen molar-refractivity contribution in [2.24, 2.45) is 5.92 Å². The molecular weight excluding hydrogens is 257 g/mol. The average Bonchev–Trinajstić information content (AvgIpc) is 2.65. The van der Waals surface area contributed by atoms with Gasteiger partial charge in [0.1, 0.15) is 0 Å². The summed E-state index contributed by atoms with van der Waals surface area (Å²) in [6.07, 6.45) is 2.36. The quantitative estimate of drug-likeness (QED) is 0.769. The minimum Gasteiger partial charge on any atom is -0.338 e. The van der Waals surface area contributed by atoms with E-state index in [0.717, 1.165) is 5.56 Å². The molecule has 1 unspecified atom stereocenters. The van der Waals surface area contributed by atoms with Crippen molar-refractivity contribution in [2.75, 3.05) is 6.54 Å². The van der Waals surface area contributed by atoms with Crippen molar-refractivity contribution in [3.8, 4) is 0 Å². The van der Waals surface area contributed by atoms with Gasteiger partial charge in [-0.1, -0.05) is 35.3 Å². The van der Waals surface area contributed by atoms with Gasteiger partial charge in [-0.3, -0.25) is 4.79 Å². The van der Waals surface area contributed by atoms with Crippen LogP contribution in [0.2, 0.25) is 10.0 Å². The van der Waals surface area contributed by atoms with Crippen LogP contribution in [0.15, 0.2) is 30.9 Å². The van der Waals surface area contributed by atoms with E-state index in [9.17, 15) is 4.79 Å². The first-order valence-corrected chi connectivity index (χ1v) is 6.20. The maximum atomic E-state index is 11.8. The van der Waals surface area contributed by atoms with Gasteiger partial charge in [0, 0.05) is 41.0 Å². The lowest BCUT2D eigenvalue weighted by molar-refractivity contribution is -0.128. The number of hydrogen-bond donors (Lipinski definition) is 0. The highest BCUT2D eigenvalue weighted by Gasteiger charge is 2.28. The standard InChI is InChI=1S/C13H13Cl2NO/c1-2-9-6-13(17)16(7-9)8-10-11(14)4-3-5-12(10)15/h2-5,9H,1,6-8H2. The summed E-state index contributed by atoms with van der Waals surface area (Å²) in [6, 6.07) is 5.37. The number of rotatable bonds is 3. The van der Waals surface area contributed by atoms with Crippen LogP contribution in [0.4, 0.5) is 0 Å². The SMILES string of the molecule is C=CC1CC(=O)N(Cc2c(Cl)cccc2Cl)C1. The van der Waals surface area contributed by atoms with Gasteiger partial charge in [0.05, 0.1) is 0 Å². The molecule has 0 radical (unpaired) electrons. The van der Waals surface area contributed by atoms with Crippen LogP contribution in [0.3, 0.4) is 0 Å². The number of benzene rings is 1. The Labute approximate surface area is 111 Å². The summed E-state index contributed by atoms with van der Waals surface area (Å²) >= 11 is 12.2. The van der Waals surface area contributed by atoms with Gasteiger partial charge in [-0.25, -0.2) is 0 Å². The molecule has 90 valence electrons. The third kappa shape index (κ3) is 2.64. The van der Waals surface area contributed by atoms with Crippen molar-refractivity contribution in [3.63, 3.8) is 0 Å². The third-order valence-corrected chi connectivity index (χ3v) is 3.70. The molecule has 0 N–H and O–H groups in total. The van der Waals surface area contributed by atoms with Crippen LogP contribution < -0.4 is 0 Å². The Balaban J connectivity index is 2.16. The van der Waals surface area contributed by atoms with E-state index in [1.807, 2.05) is 6.08 Å². The van der Waals surface area contributed by atoms with E-state index in [2.05, 4.69) is 6.58 Å². The molecule has 2 rings (SSSR count). The van der Waals surface area contributed by atoms with Crippen molar-refractivity contribution in [1.82, 2.24) is 4.90 Å². The van der Waals surface area contributed by atoms with Crippen LogP contribution in [-0.4, -0.2) is 17.4 Å². The van der Waals surface area contributed by atoms with E-state index in [1.165, 1.54) is 0 Å². The number of carbonyl (C=O) groups excluding carboxylic acids is 1. The highest BCUT2D eigenvalue weighted by Crippen LogP contribution is 2.28. The van der Waals surface area contributed by atoms with Crippen LogP contribution in [0.1, 0.15) is 12.0 Å². The predicted octanol–water partition coefficient (Wildman–Crippen LogP) is 3.53. The second-order valence-electron chi connectivity index (χ2n) is 4.17. The molecule has 1 aromatic carbocycles. The van der Waals surface area contributed by atoms with E-state index in [-0.39, 0.29) is 11.8 Å². The summed E-state index contributed by atoms with van der Waals surface area (Å²) in [7, 11) is 0. The van der Waals surface area contributed by atoms with E-state index in [4.69, 9.17) is 23.2 Å². The average molecular weight is 270 g/mol. The van der Waals surface area contributed by atoms with Gasteiger partial charge in [-0.05, 0) is 12.1 Å². The molecule has 0 spiro atoms. The fraction of sp³-hybridized carbons (Fsp3) is 0.308. The number of halogens is 2. The molecule has 2 nitrogen and oxygen atoms in total. The van der Waals surface area contributed by atoms with Crippen molar-refractivity contribution < 1.29 is 4.79 Å². The summed E-state index contributed by atoms with van der Waals surface area (Å²) < 4.78 is 0. The summed E-state index contributed by atoms with van der Waals surface area (Å²) in [5.74, 6) is 0.370. The summed E-state index contributed by atoms with van der Waals surface area (Å²) in [5.41, 5.74) is 0.814. The van der Waals surface area contributed by atoms with Crippen molar-refractivity contribution in [3.05, 3.63) is 46.5 Å². The fourth-order valence-corrected chi connectivity index (χ4v) is 2.50. The highest BCUT2D eigenvalue weighted by atomic mass is 35.5. The summed E-state index contributed by atoms with van der Waals surface area (Å²) in [4.78, 5) is 13.5. The van der Waals surface area contributed by atoms with Gasteiger partial charge in [0.25, 0.3) is 0 Å². The Morgan fingerprint density at radius 1 is 1.41 bits per heavy atom. The minimum atomic E-state index is 0.130. The molecule has 1 fully saturated rings. The molecule has 17 heavy (non-hydrogen) atoms. The van der Waals surface area contributed by atoms with Gasteiger partial charge in [-0.2, -0.15) is 0 Å². The number of hydrogen-bond acceptors (Lipinski definition) is 1. The van der Waals surface area contributed by atoms with Crippen molar-refractivity contribution in [1.29, 1.82) is 0 Å². The van der Waals surface area contributed by atoms with Crippen molar-refractivity contribution >= 4 is 29.1 Å². The number of likely N-dealkylation sites (tertiary alicyclic amines) is 1. The first kappa shape index (κ1) is 12.5. The second kappa shape index (κ2) is 5.11.